The van der Waals surface area contributed by atoms with Crippen molar-refractivity contribution in [2.75, 3.05) is 19.6 Å². The molecule has 0 aliphatic carbocycles. The Morgan fingerprint density at radius 1 is 1.62 bits per heavy atom. The molecule has 0 bridgehead atoms. The number of piperazine rings is 1. The highest BCUT2D eigenvalue weighted by atomic mass is 16.2. The summed E-state index contributed by atoms with van der Waals surface area (Å²) in [6.45, 7) is 6.69. The highest BCUT2D eigenvalue weighted by molar-refractivity contribution is 5.79. The van der Waals surface area contributed by atoms with E-state index in [0.29, 0.717) is 12.6 Å². The molecule has 0 aromatic carbocycles. The van der Waals surface area contributed by atoms with Crippen molar-refractivity contribution in [3.63, 3.8) is 0 Å². The van der Waals surface area contributed by atoms with Crippen LogP contribution < -0.4 is 5.32 Å². The summed E-state index contributed by atoms with van der Waals surface area (Å²) in [4.78, 5) is 13.5. The topological polar surface area (TPSA) is 32.3 Å². The second kappa shape index (κ2) is 5.22. The van der Waals surface area contributed by atoms with E-state index in [1.807, 2.05) is 4.90 Å². The number of nitrogens with zero attached hydrogens (tertiary/aromatic N) is 1. The zero-order valence-corrected chi connectivity index (χ0v) is 8.68. The van der Waals surface area contributed by atoms with Gasteiger partial charge in [-0.2, -0.15) is 0 Å². The van der Waals surface area contributed by atoms with Gasteiger partial charge in [0, 0.05) is 19.1 Å². The van der Waals surface area contributed by atoms with Gasteiger partial charge in [-0.15, -0.1) is 0 Å². The van der Waals surface area contributed by atoms with Gasteiger partial charge in [-0.3, -0.25) is 4.79 Å². The fraction of sp³-hybridized carbons (Fsp3) is 0.900. The standard InChI is InChI=1S/C10H20N2O/c1-3-4-5-9(2)12-7-6-11-8-10(12)13/h9,11H,3-8H2,1-2H3. The van der Waals surface area contributed by atoms with Crippen LogP contribution in [-0.2, 0) is 4.79 Å². The second-order valence-electron chi connectivity index (χ2n) is 3.76. The number of amides is 1. The van der Waals surface area contributed by atoms with Gasteiger partial charge in [-0.25, -0.2) is 0 Å². The minimum atomic E-state index is 0.259. The zero-order chi connectivity index (χ0) is 9.68. The fourth-order valence-electron chi connectivity index (χ4n) is 1.74. The molecule has 1 fully saturated rings. The third-order valence-electron chi connectivity index (χ3n) is 2.63. The third kappa shape index (κ3) is 2.99. The molecule has 13 heavy (non-hydrogen) atoms. The van der Waals surface area contributed by atoms with E-state index in [2.05, 4.69) is 19.2 Å². The first-order chi connectivity index (χ1) is 6.25. The first-order valence-corrected chi connectivity index (χ1v) is 5.26. The van der Waals surface area contributed by atoms with Crippen molar-refractivity contribution in [1.82, 2.24) is 10.2 Å². The van der Waals surface area contributed by atoms with Gasteiger partial charge < -0.3 is 10.2 Å². The maximum absolute atomic E-state index is 11.5. The Kier molecular flexibility index (Phi) is 4.22. The molecule has 1 amide bonds. The van der Waals surface area contributed by atoms with Crippen LogP contribution in [0.15, 0.2) is 0 Å². The lowest BCUT2D eigenvalue weighted by atomic mass is 10.1. The Balaban J connectivity index is 2.34. The number of nitrogens with one attached hydrogen (secondary N) is 1. The quantitative estimate of drug-likeness (QED) is 0.707. The van der Waals surface area contributed by atoms with Gasteiger partial charge in [0.15, 0.2) is 0 Å². The molecule has 1 N–H and O–H groups in total. The molecule has 0 radical (unpaired) electrons. The summed E-state index contributed by atoms with van der Waals surface area (Å²) in [7, 11) is 0. The monoisotopic (exact) mass is 184 g/mol. The zero-order valence-electron chi connectivity index (χ0n) is 8.68. The van der Waals surface area contributed by atoms with E-state index in [1.165, 1.54) is 12.8 Å². The highest BCUT2D eigenvalue weighted by Crippen LogP contribution is 2.09. The van der Waals surface area contributed by atoms with Gasteiger partial charge in [-0.05, 0) is 13.3 Å². The molecule has 3 heteroatoms. The minimum Gasteiger partial charge on any atom is -0.338 e. The molecule has 0 saturated carbocycles. The van der Waals surface area contributed by atoms with E-state index in [4.69, 9.17) is 0 Å². The van der Waals surface area contributed by atoms with E-state index in [1.54, 1.807) is 0 Å². The number of carbonyl (C=O) groups excluding carboxylic acids is 1. The molecule has 1 saturated heterocycles. The predicted octanol–water partition coefficient (Wildman–Crippen LogP) is 0.997. The number of carbonyl (C=O) groups is 1. The van der Waals surface area contributed by atoms with Crippen LogP contribution >= 0.6 is 0 Å². The molecule has 1 aliphatic heterocycles. The Hall–Kier alpha value is -0.570. The van der Waals surface area contributed by atoms with Crippen molar-refractivity contribution in [3.05, 3.63) is 0 Å². The smallest absolute Gasteiger partial charge is 0.236 e. The van der Waals surface area contributed by atoms with Crippen LogP contribution in [0.4, 0.5) is 0 Å². The van der Waals surface area contributed by atoms with E-state index in [0.717, 1.165) is 19.5 Å². The predicted molar refractivity (Wildman–Crippen MR) is 53.6 cm³/mol. The first kappa shape index (κ1) is 10.5. The molecule has 1 heterocycles. The summed E-state index contributed by atoms with van der Waals surface area (Å²) in [5, 5.41) is 3.08. The summed E-state index contributed by atoms with van der Waals surface area (Å²) < 4.78 is 0. The number of unbranched alkanes of at least 4 members (excludes halogenated alkanes) is 1. The SMILES string of the molecule is CCCCC(C)N1CCNCC1=O. The lowest BCUT2D eigenvalue weighted by molar-refractivity contribution is -0.134. The Morgan fingerprint density at radius 2 is 2.38 bits per heavy atom. The van der Waals surface area contributed by atoms with Crippen LogP contribution in [0.25, 0.3) is 0 Å². The van der Waals surface area contributed by atoms with Gasteiger partial charge in [0.25, 0.3) is 0 Å². The van der Waals surface area contributed by atoms with Crippen LogP contribution in [0.2, 0.25) is 0 Å². The van der Waals surface area contributed by atoms with Crippen LogP contribution in [0.1, 0.15) is 33.1 Å². The largest absolute Gasteiger partial charge is 0.338 e. The van der Waals surface area contributed by atoms with Crippen LogP contribution in [0.5, 0.6) is 0 Å². The van der Waals surface area contributed by atoms with Crippen molar-refractivity contribution >= 4 is 5.91 Å². The Labute approximate surface area is 80.5 Å². The van der Waals surface area contributed by atoms with E-state index >= 15 is 0 Å². The number of hydrogen-bond donors (Lipinski definition) is 1. The van der Waals surface area contributed by atoms with Crippen molar-refractivity contribution in [2.45, 2.75) is 39.2 Å². The molecule has 76 valence electrons. The lowest BCUT2D eigenvalue weighted by Crippen LogP contribution is -2.51. The second-order valence-corrected chi connectivity index (χ2v) is 3.76. The first-order valence-electron chi connectivity index (χ1n) is 5.26. The van der Waals surface area contributed by atoms with Gasteiger partial charge in [0.1, 0.15) is 0 Å². The lowest BCUT2D eigenvalue weighted by Gasteiger charge is -2.32. The summed E-state index contributed by atoms with van der Waals surface area (Å²) in [5.41, 5.74) is 0. The molecule has 0 spiro atoms. The fourth-order valence-corrected chi connectivity index (χ4v) is 1.74. The highest BCUT2D eigenvalue weighted by Gasteiger charge is 2.21. The van der Waals surface area contributed by atoms with Crippen molar-refractivity contribution < 1.29 is 4.79 Å². The summed E-state index contributed by atoms with van der Waals surface area (Å²) in [6, 6.07) is 0.426. The van der Waals surface area contributed by atoms with Crippen LogP contribution in [-0.4, -0.2) is 36.5 Å². The maximum atomic E-state index is 11.5. The molecule has 0 aromatic heterocycles. The molecule has 1 unspecified atom stereocenters. The van der Waals surface area contributed by atoms with Gasteiger partial charge in [0.05, 0.1) is 6.54 Å². The normalized spacial score (nSPS) is 20.5. The molecule has 1 aliphatic rings. The van der Waals surface area contributed by atoms with E-state index in [9.17, 15) is 4.79 Å². The minimum absolute atomic E-state index is 0.259. The molecular weight excluding hydrogens is 164 g/mol. The van der Waals surface area contributed by atoms with Gasteiger partial charge in [0.2, 0.25) is 5.91 Å². The molecule has 1 rings (SSSR count). The summed E-state index contributed by atoms with van der Waals surface area (Å²) in [5.74, 6) is 0.259. The number of rotatable bonds is 4. The van der Waals surface area contributed by atoms with Crippen molar-refractivity contribution in [2.24, 2.45) is 0 Å². The van der Waals surface area contributed by atoms with Crippen molar-refractivity contribution in [3.8, 4) is 0 Å². The Morgan fingerprint density at radius 3 is 3.00 bits per heavy atom. The summed E-state index contributed by atoms with van der Waals surface area (Å²) >= 11 is 0. The average molecular weight is 184 g/mol. The van der Waals surface area contributed by atoms with Crippen LogP contribution in [0, 0.1) is 0 Å². The Bertz CT molecular complexity index is 170. The maximum Gasteiger partial charge on any atom is 0.236 e. The van der Waals surface area contributed by atoms with Gasteiger partial charge >= 0.3 is 0 Å². The third-order valence-corrected chi connectivity index (χ3v) is 2.63. The molecular formula is C10H20N2O. The molecule has 1 atom stereocenters. The van der Waals surface area contributed by atoms with Gasteiger partial charge in [-0.1, -0.05) is 19.8 Å². The summed E-state index contributed by atoms with van der Waals surface area (Å²) in [6.07, 6.45) is 3.57. The average Bonchev–Trinajstić information content (AvgIpc) is 2.15. The molecule has 3 nitrogen and oxygen atoms in total. The van der Waals surface area contributed by atoms with E-state index < -0.39 is 0 Å². The van der Waals surface area contributed by atoms with E-state index in [-0.39, 0.29) is 5.91 Å². The van der Waals surface area contributed by atoms with Crippen LogP contribution in [0.3, 0.4) is 0 Å². The van der Waals surface area contributed by atoms with Crippen molar-refractivity contribution in [1.29, 1.82) is 0 Å². The molecule has 0 aromatic rings. The number of hydrogen-bond acceptors (Lipinski definition) is 2.